The van der Waals surface area contributed by atoms with Gasteiger partial charge in [0.15, 0.2) is 4.80 Å². The number of carbonyl (C=O) groups is 2. The van der Waals surface area contributed by atoms with E-state index in [1.54, 1.807) is 39.2 Å². The van der Waals surface area contributed by atoms with E-state index in [1.165, 1.54) is 47.0 Å². The average molecular weight is 506 g/mol. The van der Waals surface area contributed by atoms with E-state index in [9.17, 15) is 18.0 Å². The molecule has 3 rings (SSSR count). The van der Waals surface area contributed by atoms with Gasteiger partial charge in [-0.3, -0.25) is 4.79 Å². The summed E-state index contributed by atoms with van der Waals surface area (Å²) in [6, 6.07) is 10.9. The molecule has 1 amide bonds. The zero-order chi connectivity index (χ0) is 24.9. The summed E-state index contributed by atoms with van der Waals surface area (Å²) in [4.78, 5) is 29.7. The molecule has 0 aliphatic carbocycles. The Morgan fingerprint density at radius 1 is 1.03 bits per heavy atom. The molecule has 0 bridgehead atoms. The fraction of sp³-hybridized carbons (Fsp3) is 0.348. The molecule has 182 valence electrons. The van der Waals surface area contributed by atoms with Crippen molar-refractivity contribution < 1.29 is 27.5 Å². The van der Waals surface area contributed by atoms with Crippen LogP contribution in [0.1, 0.15) is 34.6 Å². The van der Waals surface area contributed by atoms with Crippen LogP contribution >= 0.6 is 11.3 Å². The minimum Gasteiger partial charge on any atom is -0.465 e. The highest BCUT2D eigenvalue weighted by Crippen LogP contribution is 2.21. The number of sulfonamides is 1. The molecule has 0 fully saturated rings. The molecular formula is C23H27N3O6S2. The maximum absolute atomic E-state index is 12.9. The number of hydrogen-bond acceptors (Lipinski definition) is 7. The van der Waals surface area contributed by atoms with Crippen LogP contribution in [0, 0.1) is 0 Å². The van der Waals surface area contributed by atoms with Crippen molar-refractivity contribution in [1.29, 1.82) is 0 Å². The maximum Gasteiger partial charge on any atom is 0.337 e. The van der Waals surface area contributed by atoms with Gasteiger partial charge in [0.25, 0.3) is 5.91 Å². The molecule has 0 atom stereocenters. The van der Waals surface area contributed by atoms with Crippen molar-refractivity contribution >= 4 is 43.5 Å². The van der Waals surface area contributed by atoms with Gasteiger partial charge in [0, 0.05) is 32.3 Å². The lowest BCUT2D eigenvalue weighted by Gasteiger charge is -2.18. The Kier molecular flexibility index (Phi) is 8.37. The van der Waals surface area contributed by atoms with Crippen molar-refractivity contribution in [3.8, 4) is 0 Å². The zero-order valence-corrected chi connectivity index (χ0v) is 21.1. The van der Waals surface area contributed by atoms with Crippen molar-refractivity contribution in [2.24, 2.45) is 4.99 Å². The Balaban J connectivity index is 2.01. The third kappa shape index (κ3) is 5.27. The number of carbonyl (C=O) groups excluding carboxylic acids is 2. The topological polar surface area (TPSA) is 107 Å². The van der Waals surface area contributed by atoms with Crippen LogP contribution in [-0.2, 0) is 26.0 Å². The Morgan fingerprint density at radius 3 is 2.26 bits per heavy atom. The molecule has 1 heterocycles. The molecule has 0 unspecified atom stereocenters. The number of aromatic nitrogens is 1. The summed E-state index contributed by atoms with van der Waals surface area (Å²) >= 11 is 1.27. The van der Waals surface area contributed by atoms with Gasteiger partial charge in [-0.1, -0.05) is 25.2 Å². The van der Waals surface area contributed by atoms with Gasteiger partial charge in [-0.15, -0.1) is 0 Å². The largest absolute Gasteiger partial charge is 0.465 e. The van der Waals surface area contributed by atoms with Crippen molar-refractivity contribution in [3.05, 3.63) is 58.4 Å². The monoisotopic (exact) mass is 505 g/mol. The van der Waals surface area contributed by atoms with Crippen LogP contribution in [0.25, 0.3) is 10.2 Å². The summed E-state index contributed by atoms with van der Waals surface area (Å²) in [5.74, 6) is -0.953. The summed E-state index contributed by atoms with van der Waals surface area (Å²) < 4.78 is 39.3. The predicted molar refractivity (Wildman–Crippen MR) is 129 cm³/mol. The lowest BCUT2D eigenvalue weighted by Crippen LogP contribution is -2.30. The summed E-state index contributed by atoms with van der Waals surface area (Å²) in [6.07, 6.45) is 0. The first-order chi connectivity index (χ1) is 16.3. The molecule has 0 N–H and O–H groups in total. The molecule has 0 saturated carbocycles. The number of methoxy groups -OCH3 is 2. The Morgan fingerprint density at radius 2 is 1.68 bits per heavy atom. The third-order valence-electron chi connectivity index (χ3n) is 5.26. The summed E-state index contributed by atoms with van der Waals surface area (Å²) in [7, 11) is -0.712. The van der Waals surface area contributed by atoms with Crippen LogP contribution in [-0.4, -0.2) is 63.1 Å². The fourth-order valence-electron chi connectivity index (χ4n) is 3.44. The van der Waals surface area contributed by atoms with Gasteiger partial charge >= 0.3 is 5.97 Å². The van der Waals surface area contributed by atoms with E-state index in [2.05, 4.69) is 4.99 Å². The van der Waals surface area contributed by atoms with Crippen LogP contribution in [0.15, 0.2) is 52.4 Å². The molecule has 0 saturated heterocycles. The van der Waals surface area contributed by atoms with Crippen molar-refractivity contribution in [1.82, 2.24) is 8.87 Å². The molecule has 0 radical (unpaired) electrons. The van der Waals surface area contributed by atoms with Gasteiger partial charge < -0.3 is 14.0 Å². The minimum atomic E-state index is -3.61. The van der Waals surface area contributed by atoms with E-state index < -0.39 is 21.9 Å². The smallest absolute Gasteiger partial charge is 0.337 e. The number of rotatable bonds is 9. The van der Waals surface area contributed by atoms with Crippen LogP contribution in [0.5, 0.6) is 0 Å². The van der Waals surface area contributed by atoms with Gasteiger partial charge in [0.05, 0.1) is 34.4 Å². The van der Waals surface area contributed by atoms with Gasteiger partial charge in [0.2, 0.25) is 10.0 Å². The lowest BCUT2D eigenvalue weighted by atomic mass is 10.2. The first kappa shape index (κ1) is 25.8. The second-order valence-corrected chi connectivity index (χ2v) is 10.2. The number of benzene rings is 2. The molecule has 11 heteroatoms. The highest BCUT2D eigenvalue weighted by Gasteiger charge is 2.21. The fourth-order valence-corrected chi connectivity index (χ4v) is 5.99. The third-order valence-corrected chi connectivity index (χ3v) is 8.37. The summed E-state index contributed by atoms with van der Waals surface area (Å²) in [5.41, 5.74) is 1.48. The van der Waals surface area contributed by atoms with E-state index >= 15 is 0 Å². The van der Waals surface area contributed by atoms with Crippen molar-refractivity contribution in [2.45, 2.75) is 25.3 Å². The number of thiazole rings is 1. The SMILES string of the molecule is CCN(CC)S(=O)(=O)c1ccc(C(=O)N=c2sc3cc(C(=O)OC)ccc3n2CCOC)cc1. The van der Waals surface area contributed by atoms with E-state index in [0.717, 1.165) is 10.2 Å². The molecule has 0 aliphatic heterocycles. The lowest BCUT2D eigenvalue weighted by molar-refractivity contribution is 0.0600. The van der Waals surface area contributed by atoms with Gasteiger partial charge in [-0.2, -0.15) is 9.30 Å². The number of amides is 1. The van der Waals surface area contributed by atoms with E-state index in [0.29, 0.717) is 36.6 Å². The molecule has 3 aromatic rings. The highest BCUT2D eigenvalue weighted by molar-refractivity contribution is 7.89. The number of esters is 1. The summed E-state index contributed by atoms with van der Waals surface area (Å²) in [5, 5.41) is 0. The second-order valence-electron chi connectivity index (χ2n) is 7.23. The Bertz CT molecular complexity index is 1350. The molecular weight excluding hydrogens is 478 g/mol. The van der Waals surface area contributed by atoms with Crippen LogP contribution < -0.4 is 4.80 Å². The number of ether oxygens (including phenoxy) is 2. The van der Waals surface area contributed by atoms with E-state index in [4.69, 9.17) is 9.47 Å². The first-order valence-corrected chi connectivity index (χ1v) is 12.9. The van der Waals surface area contributed by atoms with Crippen LogP contribution in [0.4, 0.5) is 0 Å². The van der Waals surface area contributed by atoms with Crippen molar-refractivity contribution in [3.63, 3.8) is 0 Å². The first-order valence-electron chi connectivity index (χ1n) is 10.7. The number of fused-ring (bicyclic) bond motifs is 1. The Labute approximate surface area is 202 Å². The normalized spacial score (nSPS) is 12.4. The minimum absolute atomic E-state index is 0.125. The van der Waals surface area contributed by atoms with E-state index in [1.807, 2.05) is 4.57 Å². The molecule has 0 aliphatic rings. The van der Waals surface area contributed by atoms with E-state index in [-0.39, 0.29) is 10.5 Å². The maximum atomic E-state index is 12.9. The standard InChI is InChI=1S/C23H27N3O6S2/c1-5-25(6-2)34(29,30)18-10-7-16(8-11-18)21(27)24-23-26(13-14-31-3)19-12-9-17(22(28)32-4)15-20(19)33-23/h7-12,15H,5-6,13-14H2,1-4H3. The number of hydrogen-bond donors (Lipinski definition) is 0. The molecule has 0 spiro atoms. The van der Waals surface area contributed by atoms with Crippen LogP contribution in [0.2, 0.25) is 0 Å². The molecule has 9 nitrogen and oxygen atoms in total. The zero-order valence-electron chi connectivity index (χ0n) is 19.5. The van der Waals surface area contributed by atoms with Crippen molar-refractivity contribution in [2.75, 3.05) is 33.9 Å². The quantitative estimate of drug-likeness (QED) is 0.414. The van der Waals surface area contributed by atoms with Gasteiger partial charge in [-0.25, -0.2) is 13.2 Å². The number of nitrogens with zero attached hydrogens (tertiary/aromatic N) is 3. The molecule has 34 heavy (non-hydrogen) atoms. The second kappa shape index (κ2) is 11.0. The average Bonchev–Trinajstić information content (AvgIpc) is 3.18. The summed E-state index contributed by atoms with van der Waals surface area (Å²) in [6.45, 7) is 5.14. The molecule has 2 aromatic carbocycles. The highest BCUT2D eigenvalue weighted by atomic mass is 32.2. The molecule has 1 aromatic heterocycles. The predicted octanol–water partition coefficient (Wildman–Crippen LogP) is 2.91. The van der Waals surface area contributed by atoms with Crippen LogP contribution in [0.3, 0.4) is 0 Å². The van der Waals surface area contributed by atoms with Gasteiger partial charge in [0.1, 0.15) is 0 Å². The Hall–Kier alpha value is -2.86. The van der Waals surface area contributed by atoms with Gasteiger partial charge in [-0.05, 0) is 42.5 Å².